The number of alkyl halides is 3. The van der Waals surface area contributed by atoms with Gasteiger partial charge in [0.05, 0.1) is 17.2 Å². The van der Waals surface area contributed by atoms with Crippen molar-refractivity contribution in [2.45, 2.75) is 38.4 Å². The number of rotatable bonds is 8. The number of nitrogens with zero attached hydrogens (tertiary/aromatic N) is 3. The Bertz CT molecular complexity index is 1360. The molecule has 0 unspecified atom stereocenters. The van der Waals surface area contributed by atoms with Gasteiger partial charge in [-0.25, -0.2) is 4.98 Å². The normalized spacial score (nSPS) is 14.4. The van der Waals surface area contributed by atoms with E-state index in [2.05, 4.69) is 15.2 Å². The van der Waals surface area contributed by atoms with Crippen LogP contribution < -0.4 is 10.9 Å². The van der Waals surface area contributed by atoms with Crippen molar-refractivity contribution in [3.63, 3.8) is 0 Å². The van der Waals surface area contributed by atoms with Crippen LogP contribution >= 0.6 is 11.8 Å². The number of hydrogen-bond donors (Lipinski definition) is 2. The first-order chi connectivity index (χ1) is 17.5. The molecule has 1 saturated heterocycles. The molecule has 4 rings (SSSR count). The smallest absolute Gasteiger partial charge is 0.416 e. The van der Waals surface area contributed by atoms with Gasteiger partial charge in [-0.15, -0.1) is 11.8 Å². The van der Waals surface area contributed by atoms with Gasteiger partial charge in [-0.05, 0) is 66.6 Å². The molecule has 0 amide bonds. The molecule has 37 heavy (non-hydrogen) atoms. The lowest BCUT2D eigenvalue weighted by Crippen LogP contribution is -2.49. The minimum Gasteiger partial charge on any atom is -0.481 e. The zero-order valence-corrected chi connectivity index (χ0v) is 21.4. The van der Waals surface area contributed by atoms with Crippen LogP contribution in [-0.2, 0) is 17.5 Å². The second kappa shape index (κ2) is 10.6. The van der Waals surface area contributed by atoms with Gasteiger partial charge in [-0.1, -0.05) is 6.92 Å². The minimum absolute atomic E-state index is 0.000106. The number of aliphatic carboxylic acids is 1. The average Bonchev–Trinajstić information content (AvgIpc) is 2.78. The summed E-state index contributed by atoms with van der Waals surface area (Å²) in [7, 11) is 0. The number of halogens is 3. The van der Waals surface area contributed by atoms with Gasteiger partial charge in [-0.3, -0.25) is 19.1 Å². The maximum Gasteiger partial charge on any atom is 0.416 e. The lowest BCUT2D eigenvalue weighted by molar-refractivity contribution is -0.147. The summed E-state index contributed by atoms with van der Waals surface area (Å²) in [6, 6.07) is 7.13. The molecule has 7 nitrogen and oxygen atoms in total. The molecular weight excluding hydrogens is 505 g/mol. The molecule has 0 atom stereocenters. The largest absolute Gasteiger partial charge is 0.481 e. The van der Waals surface area contributed by atoms with Crippen LogP contribution in [0.1, 0.15) is 29.2 Å². The third-order valence-corrected chi connectivity index (χ3v) is 7.29. The molecule has 2 aromatic carbocycles. The van der Waals surface area contributed by atoms with Crippen LogP contribution in [0.4, 0.5) is 24.7 Å². The number of aryl methyl sites for hydroxylation is 2. The molecule has 0 radical (unpaired) electrons. The highest BCUT2D eigenvalue weighted by atomic mass is 32.2. The number of aromatic nitrogens is 2. The van der Waals surface area contributed by atoms with Crippen LogP contribution in [0.5, 0.6) is 0 Å². The SMILES string of the molecule is CCSc1cc(C(F)(F)F)ccc1Nc1nccn(-c2cc(C)c(CN3CC(C(=O)O)C3)c(C)c2)c1=O. The number of carbonyl (C=O) groups is 1. The number of carboxylic acids is 1. The fourth-order valence-electron chi connectivity index (χ4n) is 4.34. The van der Waals surface area contributed by atoms with Crippen molar-refractivity contribution in [1.29, 1.82) is 0 Å². The molecule has 0 aliphatic carbocycles. The van der Waals surface area contributed by atoms with Crippen molar-refractivity contribution >= 4 is 29.2 Å². The minimum atomic E-state index is -4.46. The molecule has 0 saturated carbocycles. The van der Waals surface area contributed by atoms with E-state index in [1.54, 1.807) is 6.20 Å². The van der Waals surface area contributed by atoms with Gasteiger partial charge in [0.25, 0.3) is 5.56 Å². The van der Waals surface area contributed by atoms with E-state index in [9.17, 15) is 22.8 Å². The van der Waals surface area contributed by atoms with Gasteiger partial charge in [0.2, 0.25) is 0 Å². The summed E-state index contributed by atoms with van der Waals surface area (Å²) in [6.07, 6.45) is -1.46. The monoisotopic (exact) mass is 532 g/mol. The fourth-order valence-corrected chi connectivity index (χ4v) is 5.14. The Morgan fingerprint density at radius 2 is 1.86 bits per heavy atom. The van der Waals surface area contributed by atoms with E-state index in [0.29, 0.717) is 41.7 Å². The van der Waals surface area contributed by atoms with Gasteiger partial charge in [0.15, 0.2) is 5.82 Å². The number of anilines is 2. The molecule has 196 valence electrons. The average molecular weight is 533 g/mol. The topological polar surface area (TPSA) is 87.5 Å². The van der Waals surface area contributed by atoms with Crippen LogP contribution in [0.2, 0.25) is 0 Å². The molecule has 1 fully saturated rings. The summed E-state index contributed by atoms with van der Waals surface area (Å²) in [5.74, 6) is -0.554. The third kappa shape index (κ3) is 5.83. The molecule has 2 N–H and O–H groups in total. The van der Waals surface area contributed by atoms with E-state index in [4.69, 9.17) is 5.11 Å². The molecule has 3 aromatic rings. The van der Waals surface area contributed by atoms with Crippen LogP contribution in [0, 0.1) is 19.8 Å². The first-order valence-corrected chi connectivity index (χ1v) is 12.7. The van der Waals surface area contributed by atoms with Crippen molar-refractivity contribution in [3.05, 3.63) is 75.3 Å². The lowest BCUT2D eigenvalue weighted by Gasteiger charge is -2.37. The lowest BCUT2D eigenvalue weighted by atomic mass is 9.96. The van der Waals surface area contributed by atoms with Gasteiger partial charge in [0.1, 0.15) is 0 Å². The number of carboxylic acid groups (broad SMARTS) is 1. The Labute approximate surface area is 216 Å². The summed E-state index contributed by atoms with van der Waals surface area (Å²) in [4.78, 5) is 31.0. The van der Waals surface area contributed by atoms with Gasteiger partial charge >= 0.3 is 12.1 Å². The molecule has 1 aromatic heterocycles. The molecule has 0 spiro atoms. The molecular formula is C26H27F3N4O3S. The molecule has 2 heterocycles. The Kier molecular flexibility index (Phi) is 7.65. The predicted octanol–water partition coefficient (Wildman–Crippen LogP) is 5.24. The zero-order valence-electron chi connectivity index (χ0n) is 20.6. The van der Waals surface area contributed by atoms with E-state index < -0.39 is 23.3 Å². The second-order valence-corrected chi connectivity index (χ2v) is 10.3. The Balaban J connectivity index is 1.60. The quantitative estimate of drug-likeness (QED) is 0.384. The van der Waals surface area contributed by atoms with E-state index in [-0.39, 0.29) is 11.7 Å². The van der Waals surface area contributed by atoms with Crippen LogP contribution in [0.15, 0.2) is 52.4 Å². The van der Waals surface area contributed by atoms with Crippen molar-refractivity contribution in [3.8, 4) is 5.69 Å². The first-order valence-electron chi connectivity index (χ1n) is 11.7. The Morgan fingerprint density at radius 1 is 1.19 bits per heavy atom. The molecule has 1 aliphatic rings. The number of likely N-dealkylation sites (tertiary alicyclic amines) is 1. The maximum absolute atomic E-state index is 13.3. The predicted molar refractivity (Wildman–Crippen MR) is 137 cm³/mol. The standard InChI is InChI=1S/C26H27F3N4O3S/c1-4-37-22-11-18(26(27,28)29)5-6-21(22)31-23-24(34)33(8-7-30-23)19-9-15(2)20(16(3)10-19)14-32-12-17(13-32)25(35)36/h5-11,17H,4,12-14H2,1-3H3,(H,30,31)(H,35,36). The van der Waals surface area contributed by atoms with Crippen molar-refractivity contribution in [2.75, 3.05) is 24.2 Å². The summed E-state index contributed by atoms with van der Waals surface area (Å²) >= 11 is 1.24. The highest BCUT2D eigenvalue weighted by Gasteiger charge is 2.33. The maximum atomic E-state index is 13.3. The summed E-state index contributed by atoms with van der Waals surface area (Å²) < 4.78 is 41.0. The molecule has 0 bridgehead atoms. The first kappa shape index (κ1) is 26.7. The third-order valence-electron chi connectivity index (χ3n) is 6.35. The van der Waals surface area contributed by atoms with Gasteiger partial charge in [0, 0.05) is 42.6 Å². The highest BCUT2D eigenvalue weighted by molar-refractivity contribution is 7.99. The van der Waals surface area contributed by atoms with E-state index in [0.717, 1.165) is 28.8 Å². The van der Waals surface area contributed by atoms with Crippen LogP contribution in [-0.4, -0.2) is 44.4 Å². The fraction of sp³-hybridized carbons (Fsp3) is 0.346. The summed E-state index contributed by atoms with van der Waals surface area (Å²) in [6.45, 7) is 7.38. The number of benzene rings is 2. The van der Waals surface area contributed by atoms with Crippen LogP contribution in [0.25, 0.3) is 5.69 Å². The Hall–Kier alpha value is -3.31. The van der Waals surface area contributed by atoms with E-state index in [1.165, 1.54) is 28.6 Å². The van der Waals surface area contributed by atoms with Crippen molar-refractivity contribution in [2.24, 2.45) is 5.92 Å². The summed E-state index contributed by atoms with van der Waals surface area (Å²) in [5.41, 5.74) is 2.84. The Morgan fingerprint density at radius 3 is 2.46 bits per heavy atom. The number of hydrogen-bond acceptors (Lipinski definition) is 6. The zero-order chi connectivity index (χ0) is 26.9. The molecule has 1 aliphatic heterocycles. The number of thioether (sulfide) groups is 1. The van der Waals surface area contributed by atoms with Crippen LogP contribution in [0.3, 0.4) is 0 Å². The summed E-state index contributed by atoms with van der Waals surface area (Å²) in [5, 5.41) is 12.0. The van der Waals surface area contributed by atoms with Crippen molar-refractivity contribution < 1.29 is 23.1 Å². The van der Waals surface area contributed by atoms with E-state index >= 15 is 0 Å². The van der Waals surface area contributed by atoms with E-state index in [1.807, 2.05) is 32.9 Å². The second-order valence-electron chi connectivity index (χ2n) is 9.01. The highest BCUT2D eigenvalue weighted by Crippen LogP contribution is 2.36. The number of nitrogens with one attached hydrogen (secondary N) is 1. The van der Waals surface area contributed by atoms with Gasteiger partial charge < -0.3 is 10.4 Å². The van der Waals surface area contributed by atoms with Crippen molar-refractivity contribution in [1.82, 2.24) is 14.5 Å². The molecule has 11 heteroatoms. The van der Waals surface area contributed by atoms with Gasteiger partial charge in [-0.2, -0.15) is 13.2 Å².